The predicted octanol–water partition coefficient (Wildman–Crippen LogP) is 8.90. The van der Waals surface area contributed by atoms with Gasteiger partial charge in [-0.15, -0.1) is 0 Å². The maximum absolute atomic E-state index is 4.94. The molecule has 0 saturated heterocycles. The fraction of sp³-hybridized carbons (Fsp3) is 0.0606. The molecule has 6 rings (SSSR count). The van der Waals surface area contributed by atoms with Crippen molar-refractivity contribution in [2.45, 2.75) is 12.8 Å². The van der Waals surface area contributed by atoms with Crippen LogP contribution in [0.1, 0.15) is 24.2 Å². The van der Waals surface area contributed by atoms with Crippen molar-refractivity contribution in [3.63, 3.8) is 0 Å². The van der Waals surface area contributed by atoms with Crippen LogP contribution in [0.15, 0.2) is 126 Å². The van der Waals surface area contributed by atoms with Gasteiger partial charge in [0, 0.05) is 15.6 Å². The molecule has 1 aliphatic rings. The molecule has 1 heterocycles. The summed E-state index contributed by atoms with van der Waals surface area (Å²) in [7, 11) is 0. The number of hydrogen-bond donors (Lipinski definition) is 0. The van der Waals surface area contributed by atoms with Crippen molar-refractivity contribution in [1.82, 2.24) is 15.0 Å². The van der Waals surface area contributed by atoms with Crippen molar-refractivity contribution in [3.8, 4) is 33.9 Å². The fourth-order valence-corrected chi connectivity index (χ4v) is 4.96. The van der Waals surface area contributed by atoms with Gasteiger partial charge in [-0.2, -0.15) is 0 Å². The van der Waals surface area contributed by atoms with Crippen molar-refractivity contribution < 1.29 is 0 Å². The predicted molar refractivity (Wildman–Crippen MR) is 155 cm³/mol. The highest BCUT2D eigenvalue weighted by atomic mass is 79.9. The van der Waals surface area contributed by atoms with E-state index >= 15 is 0 Å². The minimum Gasteiger partial charge on any atom is -0.209 e. The Hall–Kier alpha value is -4.15. The normalized spacial score (nSPS) is 13.1. The third-order valence-corrected chi connectivity index (χ3v) is 7.04. The summed E-state index contributed by atoms with van der Waals surface area (Å²) in [4.78, 5) is 14.7. The Morgan fingerprint density at radius 2 is 0.946 bits per heavy atom. The van der Waals surface area contributed by atoms with Crippen molar-refractivity contribution >= 4 is 27.1 Å². The molecule has 0 atom stereocenters. The molecular formula is C33H24BrN3. The summed E-state index contributed by atoms with van der Waals surface area (Å²) in [6.07, 6.45) is 6.20. The topological polar surface area (TPSA) is 38.7 Å². The van der Waals surface area contributed by atoms with Gasteiger partial charge in [0.15, 0.2) is 17.5 Å². The Morgan fingerprint density at radius 1 is 0.432 bits per heavy atom. The lowest BCUT2D eigenvalue weighted by molar-refractivity contribution is 0.985. The van der Waals surface area contributed by atoms with Gasteiger partial charge < -0.3 is 0 Å². The van der Waals surface area contributed by atoms with Gasteiger partial charge in [-0.25, -0.2) is 15.0 Å². The third kappa shape index (κ3) is 5.20. The van der Waals surface area contributed by atoms with Crippen molar-refractivity contribution in [1.29, 1.82) is 0 Å². The van der Waals surface area contributed by atoms with Crippen LogP contribution in [0.4, 0.5) is 0 Å². The Kier molecular flexibility index (Phi) is 6.57. The second kappa shape index (κ2) is 10.5. The lowest BCUT2D eigenvalue weighted by Crippen LogP contribution is -2.04. The standard InChI is InChI=1S/C33H24BrN3/c34-30-13-7-12-29(22-30)33-36-31(27-18-14-25(15-19-27)23-8-3-1-4-9-23)35-32(37-33)28-20-16-26(17-21-28)24-10-5-2-6-11-24/h1-16,18-20,22H,17,21H2. The second-order valence-electron chi connectivity index (χ2n) is 9.01. The summed E-state index contributed by atoms with van der Waals surface area (Å²) in [5.41, 5.74) is 8.01. The Labute approximate surface area is 225 Å². The van der Waals surface area contributed by atoms with Crippen LogP contribution in [-0.2, 0) is 0 Å². The lowest BCUT2D eigenvalue weighted by Gasteiger charge is -2.15. The molecule has 0 unspecified atom stereocenters. The van der Waals surface area contributed by atoms with Crippen LogP contribution < -0.4 is 0 Å². The summed E-state index contributed by atoms with van der Waals surface area (Å²) in [5, 5.41) is 0. The van der Waals surface area contributed by atoms with Crippen LogP contribution in [0.5, 0.6) is 0 Å². The third-order valence-electron chi connectivity index (χ3n) is 6.55. The highest BCUT2D eigenvalue weighted by molar-refractivity contribution is 9.10. The van der Waals surface area contributed by atoms with Crippen LogP contribution in [0.25, 0.3) is 45.0 Å². The van der Waals surface area contributed by atoms with E-state index < -0.39 is 0 Å². The molecule has 0 aliphatic heterocycles. The Bertz CT molecular complexity index is 1610. The summed E-state index contributed by atoms with van der Waals surface area (Å²) in [5.74, 6) is 2.08. The molecule has 0 N–H and O–H groups in total. The number of halogens is 1. The highest BCUT2D eigenvalue weighted by Crippen LogP contribution is 2.32. The lowest BCUT2D eigenvalue weighted by atomic mass is 9.93. The number of allylic oxidation sites excluding steroid dienone is 4. The second-order valence-corrected chi connectivity index (χ2v) is 9.93. The minimum absolute atomic E-state index is 0.673. The maximum atomic E-state index is 4.94. The van der Waals surface area contributed by atoms with E-state index in [2.05, 4.69) is 107 Å². The average molecular weight is 542 g/mol. The molecule has 3 nitrogen and oxygen atoms in total. The molecule has 0 bridgehead atoms. The maximum Gasteiger partial charge on any atom is 0.164 e. The number of nitrogens with zero attached hydrogens (tertiary/aromatic N) is 3. The Morgan fingerprint density at radius 3 is 1.59 bits per heavy atom. The monoisotopic (exact) mass is 541 g/mol. The summed E-state index contributed by atoms with van der Waals surface area (Å²) < 4.78 is 0.994. The van der Waals surface area contributed by atoms with E-state index in [-0.39, 0.29) is 0 Å². The number of hydrogen-bond acceptors (Lipinski definition) is 3. The molecule has 0 fully saturated rings. The molecule has 1 aromatic heterocycles. The first-order chi connectivity index (χ1) is 18.2. The first-order valence-electron chi connectivity index (χ1n) is 12.4. The molecule has 0 radical (unpaired) electrons. The van der Waals surface area contributed by atoms with Crippen LogP contribution in [0.2, 0.25) is 0 Å². The van der Waals surface area contributed by atoms with E-state index in [9.17, 15) is 0 Å². The molecule has 37 heavy (non-hydrogen) atoms. The van der Waals surface area contributed by atoms with Crippen molar-refractivity contribution in [3.05, 3.63) is 137 Å². The molecule has 0 spiro atoms. The largest absolute Gasteiger partial charge is 0.209 e. The zero-order valence-corrected chi connectivity index (χ0v) is 21.8. The van der Waals surface area contributed by atoms with Gasteiger partial charge in [0.25, 0.3) is 0 Å². The zero-order chi connectivity index (χ0) is 25.0. The number of aromatic nitrogens is 3. The highest BCUT2D eigenvalue weighted by Gasteiger charge is 2.16. The molecule has 178 valence electrons. The molecule has 4 aromatic carbocycles. The molecule has 0 amide bonds. The van der Waals surface area contributed by atoms with Gasteiger partial charge in [0.1, 0.15) is 0 Å². The number of rotatable bonds is 5. The minimum atomic E-state index is 0.673. The van der Waals surface area contributed by atoms with Crippen LogP contribution in [0, 0.1) is 0 Å². The van der Waals surface area contributed by atoms with Crippen LogP contribution in [0.3, 0.4) is 0 Å². The fourth-order valence-electron chi connectivity index (χ4n) is 4.56. The average Bonchev–Trinajstić information content (AvgIpc) is 2.98. The van der Waals surface area contributed by atoms with Gasteiger partial charge in [-0.1, -0.05) is 125 Å². The summed E-state index contributed by atoms with van der Waals surface area (Å²) >= 11 is 3.59. The van der Waals surface area contributed by atoms with Gasteiger partial charge in [-0.05, 0) is 52.8 Å². The van der Waals surface area contributed by atoms with E-state index in [1.807, 2.05) is 30.3 Å². The summed E-state index contributed by atoms with van der Waals surface area (Å²) in [6.45, 7) is 0. The van der Waals surface area contributed by atoms with E-state index in [0.29, 0.717) is 11.6 Å². The van der Waals surface area contributed by atoms with Gasteiger partial charge in [-0.3, -0.25) is 0 Å². The first kappa shape index (κ1) is 23.3. The van der Waals surface area contributed by atoms with E-state index in [1.165, 1.54) is 22.3 Å². The smallest absolute Gasteiger partial charge is 0.164 e. The number of benzene rings is 4. The molecule has 0 saturated carbocycles. The molecular weight excluding hydrogens is 518 g/mol. The molecule has 1 aliphatic carbocycles. The van der Waals surface area contributed by atoms with Crippen molar-refractivity contribution in [2.24, 2.45) is 0 Å². The molecule has 5 aromatic rings. The quantitative estimate of drug-likeness (QED) is 0.223. The SMILES string of the molecule is Brc1cccc(-c2nc(C3=CC=C(c4ccccc4)CC3)nc(-c3ccc(-c4ccccc4)cc3)n2)c1. The van der Waals surface area contributed by atoms with Gasteiger partial charge in [0.2, 0.25) is 0 Å². The zero-order valence-electron chi connectivity index (χ0n) is 20.2. The molecule has 4 heteroatoms. The Balaban J connectivity index is 1.41. The van der Waals surface area contributed by atoms with Crippen molar-refractivity contribution in [2.75, 3.05) is 0 Å². The first-order valence-corrected chi connectivity index (χ1v) is 13.2. The van der Waals surface area contributed by atoms with E-state index in [4.69, 9.17) is 15.0 Å². The van der Waals surface area contributed by atoms with Crippen LogP contribution >= 0.6 is 15.9 Å². The van der Waals surface area contributed by atoms with E-state index in [0.717, 1.165) is 39.8 Å². The van der Waals surface area contributed by atoms with E-state index in [1.54, 1.807) is 0 Å². The van der Waals surface area contributed by atoms with Crippen LogP contribution in [-0.4, -0.2) is 15.0 Å². The van der Waals surface area contributed by atoms with Gasteiger partial charge >= 0.3 is 0 Å². The summed E-state index contributed by atoms with van der Waals surface area (Å²) in [6, 6.07) is 37.5. The van der Waals surface area contributed by atoms with Gasteiger partial charge in [0.05, 0.1) is 0 Å².